The highest BCUT2D eigenvalue weighted by Crippen LogP contribution is 2.52. The van der Waals surface area contributed by atoms with E-state index in [4.69, 9.17) is 24.8 Å². The lowest BCUT2D eigenvalue weighted by atomic mass is 10.1. The number of nitrogens with zero attached hydrogens (tertiary/aromatic N) is 3. The first kappa shape index (κ1) is 47.9. The smallest absolute Gasteiger partial charge is 0.308 e. The van der Waals surface area contributed by atoms with Crippen LogP contribution in [0.15, 0.2) is 61.0 Å². The number of rotatable bonds is 8. The minimum atomic E-state index is -3.17. The molecular weight excluding hydrogens is 857 g/mol. The Morgan fingerprint density at radius 1 is 0.667 bits per heavy atom. The van der Waals surface area contributed by atoms with E-state index in [0.717, 1.165) is 58.7 Å². The van der Waals surface area contributed by atoms with Crippen molar-refractivity contribution in [2.24, 2.45) is 0 Å². The Hall–Kier alpha value is -3.13. The zero-order valence-corrected chi connectivity index (χ0v) is 36.9. The van der Waals surface area contributed by atoms with Crippen LogP contribution in [0.4, 0.5) is 0 Å². The topological polar surface area (TPSA) is 124 Å². The van der Waals surface area contributed by atoms with Crippen LogP contribution in [-0.4, -0.2) is 25.2 Å². The SMILES string of the molecule is C/C(C#N)=C/c1cc(C)c(Br)c(C)c1.C/C(C#N)=C\c1cc(C)c(Br)c(C)c1.CCOP(=O)(OCC)C(C)C#N.Cc1cc(C=O)cc(C)c1Br. The third-order valence-electron chi connectivity index (χ3n) is 6.91. The summed E-state index contributed by atoms with van der Waals surface area (Å²) in [7, 11) is -3.17. The van der Waals surface area contributed by atoms with Crippen LogP contribution in [0.25, 0.3) is 12.2 Å². The number of carbonyl (C=O) groups is 1. The van der Waals surface area contributed by atoms with Crippen molar-refractivity contribution in [1.82, 2.24) is 0 Å². The molecule has 11 heteroatoms. The Morgan fingerprint density at radius 3 is 1.16 bits per heavy atom. The highest BCUT2D eigenvalue weighted by atomic mass is 79.9. The van der Waals surface area contributed by atoms with E-state index >= 15 is 0 Å². The van der Waals surface area contributed by atoms with E-state index < -0.39 is 13.3 Å². The number of halogens is 3. The van der Waals surface area contributed by atoms with Gasteiger partial charge in [0, 0.05) is 30.1 Å². The van der Waals surface area contributed by atoms with Crippen LogP contribution >= 0.6 is 55.4 Å². The van der Waals surface area contributed by atoms with Crippen molar-refractivity contribution in [2.45, 2.75) is 81.8 Å². The molecule has 3 aromatic carbocycles. The minimum Gasteiger partial charge on any atom is -0.308 e. The molecule has 0 bridgehead atoms. The van der Waals surface area contributed by atoms with Crippen molar-refractivity contribution in [3.05, 3.63) is 111 Å². The number of benzene rings is 3. The number of nitriles is 3. The molecule has 0 aliphatic heterocycles. The summed E-state index contributed by atoms with van der Waals surface area (Å²) in [4.78, 5) is 10.4. The lowest BCUT2D eigenvalue weighted by Crippen LogP contribution is -2.07. The van der Waals surface area contributed by atoms with E-state index in [0.29, 0.717) is 13.2 Å². The highest BCUT2D eigenvalue weighted by Gasteiger charge is 2.31. The molecule has 0 saturated carbocycles. The van der Waals surface area contributed by atoms with E-state index in [9.17, 15) is 9.36 Å². The van der Waals surface area contributed by atoms with Crippen LogP contribution in [0.3, 0.4) is 0 Å². The van der Waals surface area contributed by atoms with Crippen LogP contribution < -0.4 is 0 Å². The van der Waals surface area contributed by atoms with Gasteiger partial charge in [-0.05, 0) is 145 Å². The second-order valence-electron chi connectivity index (χ2n) is 11.6. The van der Waals surface area contributed by atoms with Gasteiger partial charge < -0.3 is 9.05 Å². The molecule has 0 aliphatic carbocycles. The van der Waals surface area contributed by atoms with Gasteiger partial charge in [0.15, 0.2) is 0 Å². The Bertz CT molecular complexity index is 1740. The number of aldehydes is 1. The van der Waals surface area contributed by atoms with Crippen LogP contribution in [0, 0.1) is 75.5 Å². The second kappa shape index (κ2) is 24.2. The maximum Gasteiger partial charge on any atom is 0.347 e. The molecule has 0 aliphatic rings. The standard InChI is InChI=1S/2C12H12BrN.C9H9BrO.C7H14NO3P/c2*1-8(7-14)4-11-5-9(2)12(13)10(3)6-11;1-6-3-8(5-11)4-7(2)9(6)10;1-4-10-12(9,11-5-2)7(3)6-8/h2*4-6H,1-3H3;3-5H,1-2H3;7H,4-5H2,1-3H3/b8-4+;8-4-;;. The van der Waals surface area contributed by atoms with E-state index in [2.05, 4.69) is 112 Å². The molecule has 0 N–H and O–H groups in total. The molecule has 0 radical (unpaired) electrons. The summed E-state index contributed by atoms with van der Waals surface area (Å²) in [5, 5.41) is 25.9. The monoisotopic (exact) mass is 901 g/mol. The van der Waals surface area contributed by atoms with Crippen LogP contribution in [0.1, 0.15) is 89.5 Å². The number of hydrogen-bond donors (Lipinski definition) is 0. The zero-order valence-electron chi connectivity index (χ0n) is 31.2. The molecule has 1 unspecified atom stereocenters. The predicted octanol–water partition coefficient (Wildman–Crippen LogP) is 13.0. The molecule has 272 valence electrons. The Kier molecular flexibility index (Phi) is 22.7. The van der Waals surface area contributed by atoms with E-state index in [1.807, 2.05) is 58.0 Å². The molecule has 7 nitrogen and oxygen atoms in total. The normalized spacial score (nSPS) is 11.5. The van der Waals surface area contributed by atoms with Gasteiger partial charge in [-0.25, -0.2) is 0 Å². The zero-order chi connectivity index (χ0) is 39.5. The first-order valence-corrected chi connectivity index (χ1v) is 20.0. The molecule has 0 saturated heterocycles. The number of hydrogen-bond acceptors (Lipinski definition) is 7. The van der Waals surface area contributed by atoms with Gasteiger partial charge in [0.2, 0.25) is 0 Å². The quantitative estimate of drug-likeness (QED) is 0.125. The van der Waals surface area contributed by atoms with Crippen LogP contribution in [0.2, 0.25) is 0 Å². The van der Waals surface area contributed by atoms with Crippen molar-refractivity contribution in [3.63, 3.8) is 0 Å². The molecule has 51 heavy (non-hydrogen) atoms. The first-order chi connectivity index (χ1) is 23.8. The van der Waals surface area contributed by atoms with Crippen LogP contribution in [-0.2, 0) is 13.6 Å². The average molecular weight is 905 g/mol. The number of aryl methyl sites for hydroxylation is 6. The first-order valence-electron chi connectivity index (χ1n) is 16.0. The fourth-order valence-corrected chi connectivity index (χ4v) is 6.50. The van der Waals surface area contributed by atoms with Crippen molar-refractivity contribution in [3.8, 4) is 18.2 Å². The van der Waals surface area contributed by atoms with E-state index in [1.54, 1.807) is 13.8 Å². The predicted molar refractivity (Wildman–Crippen MR) is 221 cm³/mol. The summed E-state index contributed by atoms with van der Waals surface area (Å²) < 4.78 is 24.9. The third kappa shape index (κ3) is 16.8. The van der Waals surface area contributed by atoms with E-state index in [-0.39, 0.29) is 0 Å². The van der Waals surface area contributed by atoms with Gasteiger partial charge in [-0.1, -0.05) is 72.1 Å². The Labute approximate surface area is 330 Å². The maximum atomic E-state index is 11.7. The fraction of sp³-hybridized carbons (Fsp3) is 0.350. The maximum absolute atomic E-state index is 11.7. The third-order valence-corrected chi connectivity index (χ3v) is 13.0. The summed E-state index contributed by atoms with van der Waals surface area (Å²) in [6.07, 6.45) is 4.66. The molecule has 0 aromatic heterocycles. The highest BCUT2D eigenvalue weighted by molar-refractivity contribution is 9.11. The fourth-order valence-electron chi connectivity index (χ4n) is 4.43. The summed E-state index contributed by atoms with van der Waals surface area (Å²) >= 11 is 10.4. The second-order valence-corrected chi connectivity index (χ2v) is 16.3. The van der Waals surface area contributed by atoms with Gasteiger partial charge in [0.1, 0.15) is 11.9 Å². The van der Waals surface area contributed by atoms with E-state index in [1.165, 1.54) is 29.2 Å². The molecular formula is C40H47Br3N3O4P. The Balaban J connectivity index is 0.000000657. The molecule has 0 spiro atoms. The molecule has 0 amide bonds. The molecule has 3 aromatic rings. The van der Waals surface area contributed by atoms with Gasteiger partial charge in [0.05, 0.1) is 31.4 Å². The number of carbonyl (C=O) groups excluding carboxylic acids is 1. The summed E-state index contributed by atoms with van der Waals surface area (Å²) in [5.41, 5.74) is 10.7. The van der Waals surface area contributed by atoms with Gasteiger partial charge in [-0.15, -0.1) is 0 Å². The van der Waals surface area contributed by atoms with Gasteiger partial charge in [0.25, 0.3) is 0 Å². The summed E-state index contributed by atoms with van der Waals surface area (Å²) in [5.74, 6) is 0. The van der Waals surface area contributed by atoms with Crippen LogP contribution in [0.5, 0.6) is 0 Å². The summed E-state index contributed by atoms with van der Waals surface area (Å²) in [6, 6.07) is 18.1. The van der Waals surface area contributed by atoms with Gasteiger partial charge in [-0.3, -0.25) is 9.36 Å². The van der Waals surface area contributed by atoms with Crippen molar-refractivity contribution in [1.29, 1.82) is 15.8 Å². The van der Waals surface area contributed by atoms with Gasteiger partial charge in [-0.2, -0.15) is 15.8 Å². The summed E-state index contributed by atoms with van der Waals surface area (Å²) in [6.45, 7) is 21.3. The van der Waals surface area contributed by atoms with Crippen molar-refractivity contribution < 1.29 is 18.4 Å². The number of allylic oxidation sites excluding steroid dienone is 2. The largest absolute Gasteiger partial charge is 0.347 e. The molecule has 0 heterocycles. The average Bonchev–Trinajstić information content (AvgIpc) is 3.08. The lowest BCUT2D eigenvalue weighted by Gasteiger charge is -2.18. The molecule has 3 rings (SSSR count). The lowest BCUT2D eigenvalue weighted by molar-refractivity contribution is 0.112. The minimum absolute atomic E-state index is 0.295. The van der Waals surface area contributed by atoms with Gasteiger partial charge >= 0.3 is 7.60 Å². The van der Waals surface area contributed by atoms with Crippen molar-refractivity contribution in [2.75, 3.05) is 13.2 Å². The Morgan fingerprint density at radius 2 is 0.941 bits per heavy atom. The molecule has 1 atom stereocenters. The molecule has 0 fully saturated rings. The van der Waals surface area contributed by atoms with Crippen molar-refractivity contribution >= 4 is 73.8 Å².